The molecule has 2 aromatic rings. The summed E-state index contributed by atoms with van der Waals surface area (Å²) in [6.45, 7) is 0.417. The van der Waals surface area contributed by atoms with Gasteiger partial charge in [-0.25, -0.2) is 0 Å². The van der Waals surface area contributed by atoms with Gasteiger partial charge in [0.05, 0.1) is 25.5 Å². The van der Waals surface area contributed by atoms with Gasteiger partial charge in [-0.2, -0.15) is 5.26 Å². The number of carboxylic acid groups (broad SMARTS) is 1. The smallest absolute Gasteiger partial charge is 0.305 e. The van der Waals surface area contributed by atoms with Crippen LogP contribution in [-0.4, -0.2) is 18.2 Å². The highest BCUT2D eigenvalue weighted by atomic mass is 16.5. The summed E-state index contributed by atoms with van der Waals surface area (Å²) in [4.78, 5) is 10.9. The normalized spacial score (nSPS) is 11.3. The van der Waals surface area contributed by atoms with E-state index in [0.29, 0.717) is 23.7 Å². The number of hydrogen-bond acceptors (Lipinski definition) is 4. The second-order valence-electron chi connectivity index (χ2n) is 4.96. The van der Waals surface area contributed by atoms with Crippen LogP contribution in [0.3, 0.4) is 0 Å². The molecule has 5 heteroatoms. The van der Waals surface area contributed by atoms with Crippen LogP contribution in [0.2, 0.25) is 0 Å². The number of nitriles is 1. The molecule has 0 aliphatic carbocycles. The number of nitrogens with zero attached hydrogens (tertiary/aromatic N) is 1. The molecular weight excluding hydrogens is 294 g/mol. The van der Waals surface area contributed by atoms with Crippen molar-refractivity contribution in [1.29, 1.82) is 5.26 Å². The number of hydrogen-bond donors (Lipinski definition) is 1. The predicted octanol–water partition coefficient (Wildman–Crippen LogP) is 3.36. The molecule has 0 radical (unpaired) electrons. The SMILES string of the molecule is COc1cc(OCc2ccccc2)ccc1C(C#N)CC(=O)O. The number of aliphatic carboxylic acids is 1. The summed E-state index contributed by atoms with van der Waals surface area (Å²) in [5, 5.41) is 18.1. The summed E-state index contributed by atoms with van der Waals surface area (Å²) in [6.07, 6.45) is -0.267. The summed E-state index contributed by atoms with van der Waals surface area (Å²) < 4.78 is 11.0. The van der Waals surface area contributed by atoms with E-state index < -0.39 is 11.9 Å². The standard InChI is InChI=1S/C18H17NO4/c1-22-17-10-15(23-12-13-5-3-2-4-6-13)7-8-16(17)14(11-19)9-18(20)21/h2-8,10,14H,9,12H2,1H3,(H,20,21). The van der Waals surface area contributed by atoms with E-state index in [9.17, 15) is 4.79 Å². The zero-order chi connectivity index (χ0) is 16.7. The predicted molar refractivity (Wildman–Crippen MR) is 84.4 cm³/mol. The Morgan fingerprint density at radius 3 is 2.61 bits per heavy atom. The molecule has 1 N–H and O–H groups in total. The topological polar surface area (TPSA) is 79.5 Å². The highest BCUT2D eigenvalue weighted by Gasteiger charge is 2.19. The van der Waals surface area contributed by atoms with Crippen LogP contribution in [0.1, 0.15) is 23.5 Å². The van der Waals surface area contributed by atoms with Gasteiger partial charge in [-0.3, -0.25) is 4.79 Å². The van der Waals surface area contributed by atoms with Crippen LogP contribution in [0, 0.1) is 11.3 Å². The Morgan fingerprint density at radius 1 is 1.26 bits per heavy atom. The van der Waals surface area contributed by atoms with E-state index in [-0.39, 0.29) is 6.42 Å². The number of carbonyl (C=O) groups is 1. The fourth-order valence-corrected chi connectivity index (χ4v) is 2.21. The van der Waals surface area contributed by atoms with E-state index in [1.807, 2.05) is 36.4 Å². The third-order valence-electron chi connectivity index (χ3n) is 3.36. The van der Waals surface area contributed by atoms with Crippen molar-refractivity contribution in [3.63, 3.8) is 0 Å². The minimum atomic E-state index is -1.02. The molecule has 1 atom stereocenters. The van der Waals surface area contributed by atoms with Crippen molar-refractivity contribution in [2.45, 2.75) is 18.9 Å². The Balaban J connectivity index is 2.15. The number of methoxy groups -OCH3 is 1. The number of carboxylic acids is 1. The summed E-state index contributed by atoms with van der Waals surface area (Å²) in [6, 6.07) is 16.8. The molecule has 5 nitrogen and oxygen atoms in total. The van der Waals surface area contributed by atoms with E-state index in [2.05, 4.69) is 0 Å². The van der Waals surface area contributed by atoms with E-state index in [1.165, 1.54) is 7.11 Å². The largest absolute Gasteiger partial charge is 0.496 e. The van der Waals surface area contributed by atoms with Crippen molar-refractivity contribution >= 4 is 5.97 Å². The summed E-state index contributed by atoms with van der Waals surface area (Å²) in [5.41, 5.74) is 1.58. The first kappa shape index (κ1) is 16.4. The molecular formula is C18H17NO4. The Bertz CT molecular complexity index is 707. The maximum absolute atomic E-state index is 10.9. The molecule has 118 valence electrons. The quantitative estimate of drug-likeness (QED) is 0.848. The van der Waals surface area contributed by atoms with E-state index >= 15 is 0 Å². The molecule has 0 aliphatic heterocycles. The lowest BCUT2D eigenvalue weighted by atomic mass is 9.96. The molecule has 0 amide bonds. The minimum absolute atomic E-state index is 0.267. The Hall–Kier alpha value is -3.00. The molecule has 0 bridgehead atoms. The van der Waals surface area contributed by atoms with E-state index in [1.54, 1.807) is 18.2 Å². The molecule has 23 heavy (non-hydrogen) atoms. The van der Waals surface area contributed by atoms with E-state index in [0.717, 1.165) is 5.56 Å². The van der Waals surface area contributed by atoms with Crippen LogP contribution >= 0.6 is 0 Å². The Kier molecular flexibility index (Phi) is 5.59. The van der Waals surface area contributed by atoms with Gasteiger partial charge in [0.25, 0.3) is 0 Å². The molecule has 2 rings (SSSR count). The van der Waals surface area contributed by atoms with Gasteiger partial charge < -0.3 is 14.6 Å². The van der Waals surface area contributed by atoms with E-state index in [4.69, 9.17) is 19.8 Å². The van der Waals surface area contributed by atoms with Gasteiger partial charge in [0, 0.05) is 11.6 Å². The first-order chi connectivity index (χ1) is 11.1. The van der Waals surface area contributed by atoms with Crippen molar-refractivity contribution < 1.29 is 19.4 Å². The maximum atomic E-state index is 10.9. The highest BCUT2D eigenvalue weighted by Crippen LogP contribution is 2.32. The van der Waals surface area contributed by atoms with Crippen LogP contribution in [0.4, 0.5) is 0 Å². The fraction of sp³-hybridized carbons (Fsp3) is 0.222. The average Bonchev–Trinajstić information content (AvgIpc) is 2.58. The third kappa shape index (κ3) is 4.48. The monoisotopic (exact) mass is 311 g/mol. The molecule has 2 aromatic carbocycles. The number of rotatable bonds is 7. The first-order valence-corrected chi connectivity index (χ1v) is 7.10. The molecule has 0 spiro atoms. The number of ether oxygens (including phenoxy) is 2. The summed E-state index contributed by atoms with van der Waals surface area (Å²) in [5.74, 6) is -0.738. The maximum Gasteiger partial charge on any atom is 0.305 e. The van der Waals surface area contributed by atoms with Crippen LogP contribution in [-0.2, 0) is 11.4 Å². The molecule has 0 saturated carbocycles. The zero-order valence-electron chi connectivity index (χ0n) is 12.7. The van der Waals surface area contributed by atoms with Gasteiger partial charge in [0.2, 0.25) is 0 Å². The second-order valence-corrected chi connectivity index (χ2v) is 4.96. The van der Waals surface area contributed by atoms with Crippen LogP contribution in [0.5, 0.6) is 11.5 Å². The average molecular weight is 311 g/mol. The Labute approximate surface area is 134 Å². The first-order valence-electron chi connectivity index (χ1n) is 7.10. The highest BCUT2D eigenvalue weighted by molar-refractivity contribution is 5.69. The van der Waals surface area contributed by atoms with Crippen molar-refractivity contribution in [1.82, 2.24) is 0 Å². The molecule has 0 saturated heterocycles. The van der Waals surface area contributed by atoms with Crippen molar-refractivity contribution in [3.05, 3.63) is 59.7 Å². The van der Waals surface area contributed by atoms with Gasteiger partial charge in [0.15, 0.2) is 0 Å². The fourth-order valence-electron chi connectivity index (χ4n) is 2.21. The van der Waals surface area contributed by atoms with Crippen LogP contribution in [0.15, 0.2) is 48.5 Å². The zero-order valence-corrected chi connectivity index (χ0v) is 12.7. The summed E-state index contributed by atoms with van der Waals surface area (Å²) >= 11 is 0. The lowest BCUT2D eigenvalue weighted by molar-refractivity contribution is -0.137. The van der Waals surface area contributed by atoms with Crippen molar-refractivity contribution in [3.8, 4) is 17.6 Å². The van der Waals surface area contributed by atoms with Gasteiger partial charge >= 0.3 is 5.97 Å². The second kappa shape index (κ2) is 7.85. The molecule has 1 unspecified atom stereocenters. The molecule has 0 aliphatic rings. The molecule has 0 fully saturated rings. The van der Waals surface area contributed by atoms with Gasteiger partial charge in [-0.1, -0.05) is 36.4 Å². The minimum Gasteiger partial charge on any atom is -0.496 e. The molecule has 0 heterocycles. The lowest BCUT2D eigenvalue weighted by Crippen LogP contribution is -2.06. The van der Waals surface area contributed by atoms with Crippen molar-refractivity contribution in [2.75, 3.05) is 7.11 Å². The molecule has 0 aromatic heterocycles. The van der Waals surface area contributed by atoms with Gasteiger partial charge in [-0.15, -0.1) is 0 Å². The number of benzene rings is 2. The third-order valence-corrected chi connectivity index (χ3v) is 3.36. The Morgan fingerprint density at radius 2 is 2.00 bits per heavy atom. The lowest BCUT2D eigenvalue weighted by Gasteiger charge is -2.14. The van der Waals surface area contributed by atoms with Crippen LogP contribution in [0.25, 0.3) is 0 Å². The van der Waals surface area contributed by atoms with Crippen molar-refractivity contribution in [2.24, 2.45) is 0 Å². The van der Waals surface area contributed by atoms with Gasteiger partial charge in [-0.05, 0) is 11.6 Å². The summed E-state index contributed by atoms with van der Waals surface area (Å²) in [7, 11) is 1.48. The van der Waals surface area contributed by atoms with Crippen LogP contribution < -0.4 is 9.47 Å². The van der Waals surface area contributed by atoms with Gasteiger partial charge in [0.1, 0.15) is 18.1 Å².